The molecule has 1 aromatic heterocycles. The van der Waals surface area contributed by atoms with Crippen molar-refractivity contribution in [2.75, 3.05) is 29.9 Å². The van der Waals surface area contributed by atoms with Crippen molar-refractivity contribution >= 4 is 28.9 Å². The smallest absolute Gasteiger partial charge is 0.193 e. The first-order chi connectivity index (χ1) is 15.0. The van der Waals surface area contributed by atoms with Gasteiger partial charge in [0.05, 0.1) is 6.20 Å². The molecular formula is C24H23ClFN3O2. The van der Waals surface area contributed by atoms with Gasteiger partial charge in [-0.3, -0.25) is 4.79 Å². The molecule has 0 saturated carbocycles. The van der Waals surface area contributed by atoms with Gasteiger partial charge in [-0.1, -0.05) is 11.6 Å². The average molecular weight is 440 g/mol. The fourth-order valence-corrected chi connectivity index (χ4v) is 4.02. The minimum absolute atomic E-state index is 0.000602. The molecule has 1 atom stereocenters. The number of halogens is 2. The molecule has 160 valence electrons. The number of carbonyl (C=O) groups excluding carboxylic acids is 1. The van der Waals surface area contributed by atoms with Crippen molar-refractivity contribution in [1.82, 2.24) is 4.98 Å². The highest BCUT2D eigenvalue weighted by Crippen LogP contribution is 2.28. The number of aliphatic hydroxyl groups is 1. The van der Waals surface area contributed by atoms with Gasteiger partial charge in [0.1, 0.15) is 11.6 Å². The van der Waals surface area contributed by atoms with Crippen LogP contribution >= 0.6 is 11.6 Å². The molecule has 0 spiro atoms. The van der Waals surface area contributed by atoms with E-state index in [2.05, 4.69) is 15.2 Å². The molecule has 0 bridgehead atoms. The first kappa shape index (κ1) is 21.3. The maximum absolute atomic E-state index is 13.1. The molecule has 7 heteroatoms. The molecule has 5 nitrogen and oxygen atoms in total. The lowest BCUT2D eigenvalue weighted by Gasteiger charge is -2.23. The van der Waals surface area contributed by atoms with Crippen LogP contribution in [0.25, 0.3) is 0 Å². The summed E-state index contributed by atoms with van der Waals surface area (Å²) in [5.41, 5.74) is 3.10. The van der Waals surface area contributed by atoms with Crippen molar-refractivity contribution in [3.05, 3.63) is 88.3 Å². The number of ketones is 1. The van der Waals surface area contributed by atoms with Gasteiger partial charge in [-0.05, 0) is 73.0 Å². The minimum Gasteiger partial charge on any atom is -0.396 e. The Hall–Kier alpha value is -2.96. The molecule has 3 aromatic rings. The summed E-state index contributed by atoms with van der Waals surface area (Å²) in [5, 5.41) is 13.5. The van der Waals surface area contributed by atoms with Crippen molar-refractivity contribution in [1.29, 1.82) is 0 Å². The number of nitrogens with zero attached hydrogens (tertiary/aromatic N) is 2. The second kappa shape index (κ2) is 9.45. The number of hydrogen-bond donors (Lipinski definition) is 2. The Morgan fingerprint density at radius 2 is 1.94 bits per heavy atom. The van der Waals surface area contributed by atoms with E-state index in [0.29, 0.717) is 28.4 Å². The molecule has 0 aliphatic carbocycles. The largest absolute Gasteiger partial charge is 0.396 e. The molecule has 1 aliphatic heterocycles. The fourth-order valence-electron chi connectivity index (χ4n) is 3.89. The van der Waals surface area contributed by atoms with Crippen LogP contribution in [-0.4, -0.2) is 41.6 Å². The van der Waals surface area contributed by atoms with E-state index in [0.717, 1.165) is 30.8 Å². The summed E-state index contributed by atoms with van der Waals surface area (Å²) in [6.07, 6.45) is 2.57. The van der Waals surface area contributed by atoms with E-state index in [4.69, 9.17) is 11.6 Å². The lowest BCUT2D eigenvalue weighted by atomic mass is 9.98. The van der Waals surface area contributed by atoms with Gasteiger partial charge in [0, 0.05) is 47.6 Å². The van der Waals surface area contributed by atoms with Crippen LogP contribution in [0, 0.1) is 5.82 Å². The topological polar surface area (TPSA) is 65.5 Å². The molecule has 2 N–H and O–H groups in total. The number of benzene rings is 2. The molecule has 4 rings (SSSR count). The molecule has 2 aromatic carbocycles. The monoisotopic (exact) mass is 439 g/mol. The number of pyridine rings is 1. The lowest BCUT2D eigenvalue weighted by Crippen LogP contribution is -2.27. The Kier molecular flexibility index (Phi) is 6.49. The van der Waals surface area contributed by atoms with Crippen molar-refractivity contribution in [3.63, 3.8) is 0 Å². The van der Waals surface area contributed by atoms with E-state index < -0.39 is 0 Å². The number of rotatable bonds is 7. The van der Waals surface area contributed by atoms with Crippen LogP contribution in [0.1, 0.15) is 27.9 Å². The molecule has 31 heavy (non-hydrogen) atoms. The maximum Gasteiger partial charge on any atom is 0.193 e. The van der Waals surface area contributed by atoms with Crippen molar-refractivity contribution in [3.8, 4) is 0 Å². The Balaban J connectivity index is 1.51. The third-order valence-electron chi connectivity index (χ3n) is 5.44. The highest BCUT2D eigenvalue weighted by molar-refractivity contribution is 6.30. The summed E-state index contributed by atoms with van der Waals surface area (Å²) in [7, 11) is 0. The Bertz CT molecular complexity index is 1060. The van der Waals surface area contributed by atoms with Gasteiger partial charge in [0.15, 0.2) is 5.78 Å². The van der Waals surface area contributed by atoms with Gasteiger partial charge >= 0.3 is 0 Å². The average Bonchev–Trinajstić information content (AvgIpc) is 3.24. The zero-order valence-electron chi connectivity index (χ0n) is 16.9. The van der Waals surface area contributed by atoms with Gasteiger partial charge in [-0.2, -0.15) is 0 Å². The summed E-state index contributed by atoms with van der Waals surface area (Å²) in [4.78, 5) is 19.2. The third kappa shape index (κ3) is 5.03. The van der Waals surface area contributed by atoms with Crippen LogP contribution in [-0.2, 0) is 6.42 Å². The number of aromatic nitrogens is 1. The first-order valence-electron chi connectivity index (χ1n) is 10.2. The van der Waals surface area contributed by atoms with E-state index in [1.165, 1.54) is 12.3 Å². The number of carbonyl (C=O) groups is 1. The highest BCUT2D eigenvalue weighted by Gasteiger charge is 2.25. The van der Waals surface area contributed by atoms with Crippen LogP contribution in [0.5, 0.6) is 0 Å². The lowest BCUT2D eigenvalue weighted by molar-refractivity contribution is 0.103. The molecular weight excluding hydrogens is 417 g/mol. The molecule has 0 amide bonds. The minimum atomic E-state index is -0.361. The molecule has 1 fully saturated rings. The van der Waals surface area contributed by atoms with Gasteiger partial charge in [-0.15, -0.1) is 0 Å². The SMILES string of the molecule is O=C(c1ccc(Cl)cc1)c1ccc(N2CC[C@H](Nc3ccc(F)cn3)C2)c(CCO)c1. The highest BCUT2D eigenvalue weighted by atomic mass is 35.5. The van der Waals surface area contributed by atoms with Crippen molar-refractivity contribution in [2.24, 2.45) is 0 Å². The van der Waals surface area contributed by atoms with E-state index in [1.54, 1.807) is 30.3 Å². The van der Waals surface area contributed by atoms with E-state index in [9.17, 15) is 14.3 Å². The zero-order chi connectivity index (χ0) is 21.8. The molecule has 0 unspecified atom stereocenters. The summed E-state index contributed by atoms with van der Waals surface area (Å²) in [6, 6.07) is 15.7. The summed E-state index contributed by atoms with van der Waals surface area (Å²) >= 11 is 5.92. The van der Waals surface area contributed by atoms with Gasteiger partial charge in [0.25, 0.3) is 0 Å². The first-order valence-corrected chi connectivity index (χ1v) is 10.6. The van der Waals surface area contributed by atoms with Crippen LogP contribution < -0.4 is 10.2 Å². The van der Waals surface area contributed by atoms with Gasteiger partial charge in [-0.25, -0.2) is 9.37 Å². The maximum atomic E-state index is 13.1. The normalized spacial score (nSPS) is 15.8. The van der Waals surface area contributed by atoms with E-state index >= 15 is 0 Å². The molecule has 0 radical (unpaired) electrons. The quantitative estimate of drug-likeness (QED) is 0.536. The number of nitrogens with one attached hydrogen (secondary N) is 1. The fraction of sp³-hybridized carbons (Fsp3) is 0.250. The van der Waals surface area contributed by atoms with Crippen molar-refractivity contribution < 1.29 is 14.3 Å². The second-order valence-electron chi connectivity index (χ2n) is 7.59. The van der Waals surface area contributed by atoms with Crippen LogP contribution in [0.15, 0.2) is 60.8 Å². The summed E-state index contributed by atoms with van der Waals surface area (Å²) < 4.78 is 13.1. The van der Waals surface area contributed by atoms with Crippen molar-refractivity contribution in [2.45, 2.75) is 18.9 Å². The van der Waals surface area contributed by atoms with E-state index in [1.807, 2.05) is 18.2 Å². The number of anilines is 2. The Morgan fingerprint density at radius 1 is 1.16 bits per heavy atom. The van der Waals surface area contributed by atoms with Crippen LogP contribution in [0.4, 0.5) is 15.9 Å². The predicted molar refractivity (Wildman–Crippen MR) is 121 cm³/mol. The van der Waals surface area contributed by atoms with Gasteiger partial charge in [0.2, 0.25) is 0 Å². The van der Waals surface area contributed by atoms with Crippen LogP contribution in [0.3, 0.4) is 0 Å². The predicted octanol–water partition coefficient (Wildman–Crippen LogP) is 4.33. The van der Waals surface area contributed by atoms with Crippen LogP contribution in [0.2, 0.25) is 5.02 Å². The zero-order valence-corrected chi connectivity index (χ0v) is 17.6. The second-order valence-corrected chi connectivity index (χ2v) is 8.03. The third-order valence-corrected chi connectivity index (χ3v) is 5.69. The summed E-state index contributed by atoms with van der Waals surface area (Å²) in [6.45, 7) is 1.59. The van der Waals surface area contributed by atoms with E-state index in [-0.39, 0.29) is 24.2 Å². The molecule has 1 saturated heterocycles. The molecule has 1 aliphatic rings. The molecule has 2 heterocycles. The van der Waals surface area contributed by atoms with Gasteiger partial charge < -0.3 is 15.3 Å². The number of hydrogen-bond acceptors (Lipinski definition) is 5. The standard InChI is InChI=1S/C24H23ClFN3O2/c25-19-4-1-16(2-5-19)24(31)18-3-7-22(17(13-18)10-12-30)29-11-9-21(15-29)28-23-8-6-20(26)14-27-23/h1-8,13-14,21,30H,9-12,15H2,(H,27,28)/t21-/m0/s1. The Labute approximate surface area is 185 Å². The summed E-state index contributed by atoms with van der Waals surface area (Å²) in [5.74, 6) is 0.207. The Morgan fingerprint density at radius 3 is 2.65 bits per heavy atom. The number of aliphatic hydroxyl groups excluding tert-OH is 1.